The number of nitrogens with zero attached hydrogens (tertiary/aromatic N) is 1. The molecule has 0 radical (unpaired) electrons. The molecular weight excluding hydrogens is 370 g/mol. The molecule has 2 amide bonds. The van der Waals surface area contributed by atoms with E-state index in [1.807, 2.05) is 6.07 Å². The van der Waals surface area contributed by atoms with Crippen LogP contribution in [0.25, 0.3) is 0 Å². The van der Waals surface area contributed by atoms with Crippen molar-refractivity contribution >= 4 is 17.5 Å². The Hall–Kier alpha value is -2.90. The quantitative estimate of drug-likeness (QED) is 0.629. The average molecular weight is 397 g/mol. The standard InChI is InChI=1S/C22H27N3O4/c1-16(26)24-20-8-4-5-9-21(20)29-15-22(28)23-12-19(27)14-25-11-10-17-6-2-3-7-18(17)13-25/h2-9,19,27H,10-15H2,1H3,(H,23,28)(H,24,26). The van der Waals surface area contributed by atoms with E-state index in [4.69, 9.17) is 4.74 Å². The number of nitrogens with one attached hydrogen (secondary N) is 2. The highest BCUT2D eigenvalue weighted by Crippen LogP contribution is 2.23. The summed E-state index contributed by atoms with van der Waals surface area (Å²) < 4.78 is 5.50. The highest BCUT2D eigenvalue weighted by Gasteiger charge is 2.18. The molecule has 1 aliphatic heterocycles. The van der Waals surface area contributed by atoms with Gasteiger partial charge in [0.1, 0.15) is 5.75 Å². The summed E-state index contributed by atoms with van der Waals surface area (Å²) in [6.45, 7) is 3.58. The summed E-state index contributed by atoms with van der Waals surface area (Å²) in [6, 6.07) is 15.3. The van der Waals surface area contributed by atoms with Gasteiger partial charge >= 0.3 is 0 Å². The summed E-state index contributed by atoms with van der Waals surface area (Å²) in [7, 11) is 0. The van der Waals surface area contributed by atoms with Crippen LogP contribution in [0.15, 0.2) is 48.5 Å². The molecule has 0 aromatic heterocycles. The molecule has 3 rings (SSSR count). The van der Waals surface area contributed by atoms with E-state index in [1.165, 1.54) is 18.1 Å². The first-order valence-corrected chi connectivity index (χ1v) is 9.74. The fraction of sp³-hybridized carbons (Fsp3) is 0.364. The first-order chi connectivity index (χ1) is 14.0. The van der Waals surface area contributed by atoms with Crippen molar-refractivity contribution in [2.75, 3.05) is 31.6 Å². The predicted octanol–water partition coefficient (Wildman–Crippen LogP) is 1.56. The number of amides is 2. The molecule has 2 aromatic carbocycles. The lowest BCUT2D eigenvalue weighted by Crippen LogP contribution is -2.42. The Bertz CT molecular complexity index is 855. The van der Waals surface area contributed by atoms with Crippen molar-refractivity contribution < 1.29 is 19.4 Å². The molecule has 0 spiro atoms. The molecule has 1 aliphatic rings. The molecule has 2 aromatic rings. The number of anilines is 1. The van der Waals surface area contributed by atoms with E-state index in [9.17, 15) is 14.7 Å². The van der Waals surface area contributed by atoms with Crippen LogP contribution in [0.4, 0.5) is 5.69 Å². The van der Waals surface area contributed by atoms with Crippen molar-refractivity contribution in [1.82, 2.24) is 10.2 Å². The zero-order valence-electron chi connectivity index (χ0n) is 16.6. The minimum absolute atomic E-state index is 0.160. The lowest BCUT2D eigenvalue weighted by atomic mass is 10.00. The summed E-state index contributed by atoms with van der Waals surface area (Å²) in [5, 5.41) is 15.6. The van der Waals surface area contributed by atoms with Gasteiger partial charge in [0.05, 0.1) is 11.8 Å². The lowest BCUT2D eigenvalue weighted by Gasteiger charge is -2.30. The third-order valence-electron chi connectivity index (χ3n) is 4.77. The second-order valence-corrected chi connectivity index (χ2v) is 7.18. The van der Waals surface area contributed by atoms with Crippen molar-refractivity contribution in [1.29, 1.82) is 0 Å². The van der Waals surface area contributed by atoms with Crippen LogP contribution >= 0.6 is 0 Å². The molecule has 0 saturated carbocycles. The maximum atomic E-state index is 12.1. The summed E-state index contributed by atoms with van der Waals surface area (Å²) in [5.74, 6) is -0.120. The number of carbonyl (C=O) groups excluding carboxylic acids is 2. The number of carbonyl (C=O) groups is 2. The van der Waals surface area contributed by atoms with Crippen LogP contribution in [0, 0.1) is 0 Å². The van der Waals surface area contributed by atoms with Gasteiger partial charge < -0.3 is 20.5 Å². The average Bonchev–Trinajstić information content (AvgIpc) is 2.71. The number of β-amino-alcohol motifs (C(OH)–C–C–N with tert-alkyl or cyclic N) is 1. The van der Waals surface area contributed by atoms with Gasteiger partial charge in [0.2, 0.25) is 5.91 Å². The van der Waals surface area contributed by atoms with Gasteiger partial charge in [0.15, 0.2) is 6.61 Å². The number of fused-ring (bicyclic) bond motifs is 1. The number of aliphatic hydroxyl groups excluding tert-OH is 1. The number of hydrogen-bond acceptors (Lipinski definition) is 5. The van der Waals surface area contributed by atoms with Crippen molar-refractivity contribution in [3.8, 4) is 5.75 Å². The van der Waals surface area contributed by atoms with Crippen LogP contribution < -0.4 is 15.4 Å². The van der Waals surface area contributed by atoms with Gasteiger partial charge in [0, 0.05) is 33.1 Å². The Morgan fingerprint density at radius 3 is 2.66 bits per heavy atom. The number of rotatable bonds is 8. The molecule has 1 heterocycles. The fourth-order valence-electron chi connectivity index (χ4n) is 3.38. The third kappa shape index (κ3) is 6.30. The molecule has 0 fully saturated rings. The van der Waals surface area contributed by atoms with E-state index in [1.54, 1.807) is 24.3 Å². The molecule has 0 aliphatic carbocycles. The predicted molar refractivity (Wildman–Crippen MR) is 111 cm³/mol. The lowest BCUT2D eigenvalue weighted by molar-refractivity contribution is -0.123. The molecule has 7 heteroatoms. The van der Waals surface area contributed by atoms with Crippen LogP contribution in [0.5, 0.6) is 5.75 Å². The van der Waals surface area contributed by atoms with Crippen LogP contribution in [0.3, 0.4) is 0 Å². The van der Waals surface area contributed by atoms with Gasteiger partial charge in [-0.25, -0.2) is 0 Å². The summed E-state index contributed by atoms with van der Waals surface area (Å²) >= 11 is 0. The first-order valence-electron chi connectivity index (χ1n) is 9.74. The van der Waals surface area contributed by atoms with Crippen molar-refractivity contribution in [3.63, 3.8) is 0 Å². The largest absolute Gasteiger partial charge is 0.482 e. The molecular formula is C22H27N3O4. The van der Waals surface area contributed by atoms with E-state index in [-0.39, 0.29) is 25.0 Å². The zero-order chi connectivity index (χ0) is 20.6. The second kappa shape index (κ2) is 10.0. The first kappa shape index (κ1) is 20.8. The number of para-hydroxylation sites is 2. The minimum Gasteiger partial charge on any atom is -0.482 e. The van der Waals surface area contributed by atoms with E-state index >= 15 is 0 Å². The van der Waals surface area contributed by atoms with Crippen molar-refractivity contribution in [2.45, 2.75) is 26.0 Å². The number of ether oxygens (including phenoxy) is 1. The highest BCUT2D eigenvalue weighted by atomic mass is 16.5. The van der Waals surface area contributed by atoms with Gasteiger partial charge in [-0.15, -0.1) is 0 Å². The fourth-order valence-corrected chi connectivity index (χ4v) is 3.38. The highest BCUT2D eigenvalue weighted by molar-refractivity contribution is 5.90. The maximum absolute atomic E-state index is 12.1. The number of hydrogen-bond donors (Lipinski definition) is 3. The van der Waals surface area contributed by atoms with Gasteiger partial charge in [-0.1, -0.05) is 36.4 Å². The van der Waals surface area contributed by atoms with Crippen LogP contribution in [0.1, 0.15) is 18.1 Å². The number of benzene rings is 2. The zero-order valence-corrected chi connectivity index (χ0v) is 16.6. The Labute approximate surface area is 170 Å². The topological polar surface area (TPSA) is 90.9 Å². The van der Waals surface area contributed by atoms with Gasteiger partial charge in [-0.3, -0.25) is 14.5 Å². The Morgan fingerprint density at radius 2 is 1.86 bits per heavy atom. The van der Waals surface area contributed by atoms with Gasteiger partial charge in [-0.05, 0) is 29.7 Å². The van der Waals surface area contributed by atoms with Crippen LogP contribution in [-0.2, 0) is 22.6 Å². The second-order valence-electron chi connectivity index (χ2n) is 7.18. The summed E-state index contributed by atoms with van der Waals surface area (Å²) in [6.07, 6.45) is 0.312. The number of aliphatic hydroxyl groups is 1. The van der Waals surface area contributed by atoms with E-state index < -0.39 is 6.10 Å². The Balaban J connectivity index is 1.40. The van der Waals surface area contributed by atoms with Gasteiger partial charge in [-0.2, -0.15) is 0 Å². The van der Waals surface area contributed by atoms with E-state index in [2.05, 4.69) is 33.7 Å². The van der Waals surface area contributed by atoms with Crippen molar-refractivity contribution in [3.05, 3.63) is 59.7 Å². The molecule has 1 unspecified atom stereocenters. The molecule has 1 atom stereocenters. The third-order valence-corrected chi connectivity index (χ3v) is 4.77. The Kier molecular flexibility index (Phi) is 7.21. The van der Waals surface area contributed by atoms with Crippen molar-refractivity contribution in [2.24, 2.45) is 0 Å². The van der Waals surface area contributed by atoms with Gasteiger partial charge in [0.25, 0.3) is 5.91 Å². The van der Waals surface area contributed by atoms with Crippen LogP contribution in [-0.4, -0.2) is 54.2 Å². The molecule has 154 valence electrons. The van der Waals surface area contributed by atoms with E-state index in [0.717, 1.165) is 19.5 Å². The minimum atomic E-state index is -0.657. The Morgan fingerprint density at radius 1 is 1.14 bits per heavy atom. The van der Waals surface area contributed by atoms with Crippen LogP contribution in [0.2, 0.25) is 0 Å². The SMILES string of the molecule is CC(=O)Nc1ccccc1OCC(=O)NCC(O)CN1CCc2ccccc2C1. The summed E-state index contributed by atoms with van der Waals surface area (Å²) in [5.41, 5.74) is 3.17. The van der Waals surface area contributed by atoms with E-state index in [0.29, 0.717) is 18.0 Å². The summed E-state index contributed by atoms with van der Waals surface area (Å²) in [4.78, 5) is 25.5. The molecule has 7 nitrogen and oxygen atoms in total. The maximum Gasteiger partial charge on any atom is 0.258 e. The molecule has 29 heavy (non-hydrogen) atoms. The monoisotopic (exact) mass is 397 g/mol. The normalized spacial score (nSPS) is 14.6. The smallest absolute Gasteiger partial charge is 0.258 e. The molecule has 3 N–H and O–H groups in total. The molecule has 0 bridgehead atoms. The molecule has 0 saturated heterocycles.